The summed E-state index contributed by atoms with van der Waals surface area (Å²) in [7, 11) is -3.35. The zero-order valence-corrected chi connectivity index (χ0v) is 14.9. The summed E-state index contributed by atoms with van der Waals surface area (Å²) in [6, 6.07) is 5.99. The molecule has 7 nitrogen and oxygen atoms in total. The molecule has 0 saturated carbocycles. The number of ether oxygens (including phenoxy) is 1. The van der Waals surface area contributed by atoms with Crippen molar-refractivity contribution in [1.82, 2.24) is 4.90 Å². The number of nitrogens with zero attached hydrogens (tertiary/aromatic N) is 1. The molecule has 2 atom stereocenters. The highest BCUT2D eigenvalue weighted by molar-refractivity contribution is 7.92. The summed E-state index contributed by atoms with van der Waals surface area (Å²) in [4.78, 5) is 13.8. The number of hydrogen-bond acceptors (Lipinski definition) is 5. The van der Waals surface area contributed by atoms with E-state index in [4.69, 9.17) is 4.74 Å². The number of sulfonamides is 1. The van der Waals surface area contributed by atoms with Crippen molar-refractivity contribution in [2.45, 2.75) is 26.0 Å². The Labute approximate surface area is 142 Å². The van der Waals surface area contributed by atoms with Gasteiger partial charge in [0.25, 0.3) is 0 Å². The minimum Gasteiger partial charge on any atom is -0.386 e. The van der Waals surface area contributed by atoms with Crippen molar-refractivity contribution in [2.24, 2.45) is 5.92 Å². The Bertz CT molecular complexity index is 672. The van der Waals surface area contributed by atoms with Gasteiger partial charge >= 0.3 is 0 Å². The highest BCUT2D eigenvalue weighted by Gasteiger charge is 2.34. The number of anilines is 1. The number of aliphatic hydroxyl groups is 1. The van der Waals surface area contributed by atoms with E-state index < -0.39 is 22.2 Å². The first-order valence-corrected chi connectivity index (χ1v) is 9.69. The first kappa shape index (κ1) is 18.7. The third-order valence-electron chi connectivity index (χ3n) is 3.72. The van der Waals surface area contributed by atoms with Crippen LogP contribution < -0.4 is 4.72 Å². The smallest absolute Gasteiger partial charge is 0.249 e. The van der Waals surface area contributed by atoms with Crippen LogP contribution in [0.3, 0.4) is 0 Å². The van der Waals surface area contributed by atoms with E-state index in [1.54, 1.807) is 29.2 Å². The molecular formula is C16H24N2O5S. The quantitative estimate of drug-likeness (QED) is 0.792. The van der Waals surface area contributed by atoms with Gasteiger partial charge in [-0.05, 0) is 23.6 Å². The molecule has 1 heterocycles. The maximum Gasteiger partial charge on any atom is 0.249 e. The number of amides is 1. The highest BCUT2D eigenvalue weighted by atomic mass is 32.2. The summed E-state index contributed by atoms with van der Waals surface area (Å²) >= 11 is 0. The summed E-state index contributed by atoms with van der Waals surface area (Å²) < 4.78 is 30.1. The van der Waals surface area contributed by atoms with Crippen molar-refractivity contribution in [3.63, 3.8) is 0 Å². The third-order valence-corrected chi connectivity index (χ3v) is 4.32. The number of aliphatic hydroxyl groups excluding tert-OH is 1. The molecule has 1 aromatic carbocycles. The fourth-order valence-corrected chi connectivity index (χ4v) is 3.27. The first-order valence-electron chi connectivity index (χ1n) is 7.80. The fourth-order valence-electron chi connectivity index (χ4n) is 2.70. The van der Waals surface area contributed by atoms with E-state index in [0.29, 0.717) is 17.8 Å². The van der Waals surface area contributed by atoms with Gasteiger partial charge in [0.05, 0.1) is 18.9 Å². The van der Waals surface area contributed by atoms with E-state index in [2.05, 4.69) is 4.72 Å². The van der Waals surface area contributed by atoms with Crippen LogP contribution in [-0.4, -0.2) is 56.4 Å². The Hall–Kier alpha value is -1.64. The minimum absolute atomic E-state index is 0.0349. The molecule has 1 aromatic rings. The molecule has 1 amide bonds. The fraction of sp³-hybridized carbons (Fsp3) is 0.562. The number of carbonyl (C=O) groups is 1. The predicted molar refractivity (Wildman–Crippen MR) is 91.0 cm³/mol. The van der Waals surface area contributed by atoms with Crippen molar-refractivity contribution in [1.29, 1.82) is 0 Å². The Morgan fingerprint density at radius 2 is 1.96 bits per heavy atom. The number of carbonyl (C=O) groups excluding carboxylic acids is 1. The Balaban J connectivity index is 2.16. The summed E-state index contributed by atoms with van der Waals surface area (Å²) in [5.74, 6) is 0.150. The van der Waals surface area contributed by atoms with Crippen molar-refractivity contribution in [2.75, 3.05) is 30.7 Å². The normalized spacial score (nSPS) is 20.3. The monoisotopic (exact) mass is 356 g/mol. The van der Waals surface area contributed by atoms with E-state index in [9.17, 15) is 18.3 Å². The van der Waals surface area contributed by atoms with Crippen LogP contribution in [0.15, 0.2) is 24.3 Å². The largest absolute Gasteiger partial charge is 0.386 e. The highest BCUT2D eigenvalue weighted by Crippen LogP contribution is 2.26. The molecule has 0 aliphatic carbocycles. The molecule has 1 fully saturated rings. The molecular weight excluding hydrogens is 332 g/mol. The molecule has 0 aromatic heterocycles. The molecule has 8 heteroatoms. The van der Waals surface area contributed by atoms with Crippen LogP contribution in [-0.2, 0) is 19.6 Å². The second-order valence-electron chi connectivity index (χ2n) is 6.46. The van der Waals surface area contributed by atoms with E-state index >= 15 is 0 Å². The van der Waals surface area contributed by atoms with Gasteiger partial charge in [0.1, 0.15) is 12.7 Å². The Morgan fingerprint density at radius 3 is 2.50 bits per heavy atom. The minimum atomic E-state index is -3.35. The van der Waals surface area contributed by atoms with Crippen molar-refractivity contribution < 1.29 is 23.1 Å². The average Bonchev–Trinajstić information content (AvgIpc) is 2.47. The number of benzene rings is 1. The lowest BCUT2D eigenvalue weighted by Gasteiger charge is -2.39. The van der Waals surface area contributed by atoms with Crippen LogP contribution >= 0.6 is 0 Å². The molecule has 0 spiro atoms. The summed E-state index contributed by atoms with van der Waals surface area (Å²) in [6.45, 7) is 4.88. The predicted octanol–water partition coefficient (Wildman–Crippen LogP) is 0.975. The van der Waals surface area contributed by atoms with Crippen LogP contribution in [0.4, 0.5) is 5.69 Å². The van der Waals surface area contributed by atoms with Gasteiger partial charge in [-0.15, -0.1) is 0 Å². The summed E-state index contributed by atoms with van der Waals surface area (Å²) in [5.41, 5.74) is 1.02. The van der Waals surface area contributed by atoms with Crippen LogP contribution in [0.1, 0.15) is 25.5 Å². The Kier molecular flexibility index (Phi) is 5.84. The van der Waals surface area contributed by atoms with Crippen molar-refractivity contribution in [3.05, 3.63) is 29.8 Å². The molecule has 0 bridgehead atoms. The number of nitrogens with one attached hydrogen (secondary N) is 1. The maximum absolute atomic E-state index is 12.1. The van der Waals surface area contributed by atoms with Crippen molar-refractivity contribution >= 4 is 21.6 Å². The van der Waals surface area contributed by atoms with E-state index in [1.165, 1.54) is 0 Å². The molecule has 24 heavy (non-hydrogen) atoms. The van der Waals surface area contributed by atoms with E-state index in [0.717, 1.165) is 6.26 Å². The van der Waals surface area contributed by atoms with Gasteiger partial charge in [-0.25, -0.2) is 8.42 Å². The van der Waals surface area contributed by atoms with Crippen LogP contribution in [0.5, 0.6) is 0 Å². The molecule has 2 rings (SSSR count). The first-order chi connectivity index (χ1) is 11.2. The van der Waals surface area contributed by atoms with Gasteiger partial charge in [0.15, 0.2) is 0 Å². The zero-order valence-electron chi connectivity index (χ0n) is 14.1. The number of morpholine rings is 1. The lowest BCUT2D eigenvalue weighted by molar-refractivity contribution is -0.155. The third kappa shape index (κ3) is 4.93. The molecule has 1 saturated heterocycles. The van der Waals surface area contributed by atoms with Gasteiger partial charge in [0, 0.05) is 12.2 Å². The molecule has 134 valence electrons. The molecule has 2 N–H and O–H groups in total. The topological polar surface area (TPSA) is 95.9 Å². The Morgan fingerprint density at radius 1 is 1.33 bits per heavy atom. The SMILES string of the molecule is CC(C)CN1C(=O)COCC1C(O)c1ccc(NS(C)(=O)=O)cc1. The molecule has 1 aliphatic rings. The van der Waals surface area contributed by atoms with Crippen molar-refractivity contribution in [3.8, 4) is 0 Å². The zero-order chi connectivity index (χ0) is 17.9. The summed E-state index contributed by atoms with van der Waals surface area (Å²) in [5, 5.41) is 10.7. The summed E-state index contributed by atoms with van der Waals surface area (Å²) in [6.07, 6.45) is 0.171. The van der Waals surface area contributed by atoms with Crippen LogP contribution in [0, 0.1) is 5.92 Å². The molecule has 2 unspecified atom stereocenters. The van der Waals surface area contributed by atoms with Gasteiger partial charge in [-0.3, -0.25) is 9.52 Å². The average molecular weight is 356 g/mol. The molecule has 1 aliphatic heterocycles. The number of rotatable bonds is 6. The van der Waals surface area contributed by atoms with Gasteiger partial charge in [-0.1, -0.05) is 26.0 Å². The van der Waals surface area contributed by atoms with Crippen LogP contribution in [0.2, 0.25) is 0 Å². The van der Waals surface area contributed by atoms with Gasteiger partial charge in [0.2, 0.25) is 15.9 Å². The van der Waals surface area contributed by atoms with Gasteiger partial charge in [-0.2, -0.15) is 0 Å². The van der Waals surface area contributed by atoms with E-state index in [1.807, 2.05) is 13.8 Å². The number of hydrogen-bond donors (Lipinski definition) is 2. The maximum atomic E-state index is 12.1. The lowest BCUT2D eigenvalue weighted by Crippen LogP contribution is -2.53. The standard InChI is InChI=1S/C16H24N2O5S/c1-11(2)8-18-14(9-23-10-15(18)19)16(20)12-4-6-13(7-5-12)17-24(3,21)22/h4-7,11,14,16-17,20H,8-10H2,1-3H3. The second kappa shape index (κ2) is 7.50. The van der Waals surface area contributed by atoms with E-state index in [-0.39, 0.29) is 25.0 Å². The molecule has 0 radical (unpaired) electrons. The van der Waals surface area contributed by atoms with Crippen LogP contribution in [0.25, 0.3) is 0 Å². The lowest BCUT2D eigenvalue weighted by atomic mass is 9.99. The van der Waals surface area contributed by atoms with Gasteiger partial charge < -0.3 is 14.7 Å². The second-order valence-corrected chi connectivity index (χ2v) is 8.21.